The van der Waals surface area contributed by atoms with Crippen molar-refractivity contribution in [1.82, 2.24) is 4.98 Å². The van der Waals surface area contributed by atoms with E-state index in [1.165, 1.54) is 6.07 Å². The summed E-state index contributed by atoms with van der Waals surface area (Å²) >= 11 is 0. The van der Waals surface area contributed by atoms with E-state index in [-0.39, 0.29) is 31.6 Å². The molecular weight excluding hydrogens is 451 g/mol. The van der Waals surface area contributed by atoms with Gasteiger partial charge in [0.15, 0.2) is 0 Å². The van der Waals surface area contributed by atoms with E-state index in [0.29, 0.717) is 16.7 Å². The normalized spacial score (nSPS) is 19.6. The van der Waals surface area contributed by atoms with Crippen LogP contribution in [0.2, 0.25) is 0 Å². The SMILES string of the molecule is CCOC(=O)C1(Cc2ccc(OCc3cc(C(F)(F)F)nc4ccccc34)cc2)CC1C(=O)O. The molecule has 4 rings (SSSR count). The molecule has 178 valence electrons. The van der Waals surface area contributed by atoms with Crippen LogP contribution in [0.15, 0.2) is 54.6 Å². The number of carbonyl (C=O) groups is 2. The molecule has 6 nitrogen and oxygen atoms in total. The smallest absolute Gasteiger partial charge is 0.433 e. The van der Waals surface area contributed by atoms with Crippen LogP contribution in [-0.4, -0.2) is 28.6 Å². The first-order valence-corrected chi connectivity index (χ1v) is 10.7. The molecule has 1 fully saturated rings. The van der Waals surface area contributed by atoms with Crippen LogP contribution in [0.1, 0.15) is 30.2 Å². The summed E-state index contributed by atoms with van der Waals surface area (Å²) in [5, 5.41) is 9.92. The van der Waals surface area contributed by atoms with Gasteiger partial charge in [-0.15, -0.1) is 0 Å². The number of esters is 1. The summed E-state index contributed by atoms with van der Waals surface area (Å²) in [6.45, 7) is 1.73. The Balaban J connectivity index is 1.49. The van der Waals surface area contributed by atoms with E-state index in [1.807, 2.05) is 0 Å². The number of nitrogens with zero attached hydrogens (tertiary/aromatic N) is 1. The van der Waals surface area contributed by atoms with Crippen LogP contribution in [0.4, 0.5) is 13.2 Å². The second kappa shape index (κ2) is 8.96. The monoisotopic (exact) mass is 473 g/mol. The van der Waals surface area contributed by atoms with Crippen molar-refractivity contribution in [3.05, 3.63) is 71.4 Å². The van der Waals surface area contributed by atoms with E-state index in [1.54, 1.807) is 49.4 Å². The Morgan fingerprint density at radius 3 is 2.47 bits per heavy atom. The van der Waals surface area contributed by atoms with Crippen molar-refractivity contribution in [3.63, 3.8) is 0 Å². The second-order valence-corrected chi connectivity index (χ2v) is 8.26. The van der Waals surface area contributed by atoms with Crippen molar-refractivity contribution in [1.29, 1.82) is 0 Å². The van der Waals surface area contributed by atoms with Gasteiger partial charge < -0.3 is 14.6 Å². The summed E-state index contributed by atoms with van der Waals surface area (Å²) in [4.78, 5) is 27.5. The van der Waals surface area contributed by atoms with Gasteiger partial charge in [-0.2, -0.15) is 13.2 Å². The molecule has 3 aromatic rings. The van der Waals surface area contributed by atoms with E-state index in [2.05, 4.69) is 4.98 Å². The minimum Gasteiger partial charge on any atom is -0.489 e. The predicted molar refractivity (Wildman–Crippen MR) is 116 cm³/mol. The third-order valence-electron chi connectivity index (χ3n) is 5.98. The quantitative estimate of drug-likeness (QED) is 0.462. The van der Waals surface area contributed by atoms with E-state index in [0.717, 1.165) is 11.6 Å². The molecule has 1 aliphatic carbocycles. The average molecular weight is 473 g/mol. The number of hydrogen-bond acceptors (Lipinski definition) is 5. The highest BCUT2D eigenvalue weighted by atomic mass is 19.4. The zero-order valence-corrected chi connectivity index (χ0v) is 18.3. The number of rotatable bonds is 8. The molecule has 1 aliphatic rings. The van der Waals surface area contributed by atoms with Crippen molar-refractivity contribution < 1.29 is 37.3 Å². The fraction of sp³-hybridized carbons (Fsp3) is 0.320. The maximum atomic E-state index is 13.3. The van der Waals surface area contributed by atoms with Gasteiger partial charge in [0.2, 0.25) is 0 Å². The largest absolute Gasteiger partial charge is 0.489 e. The summed E-state index contributed by atoms with van der Waals surface area (Å²) in [6.07, 6.45) is -4.14. The Morgan fingerprint density at radius 2 is 1.85 bits per heavy atom. The highest BCUT2D eigenvalue weighted by Crippen LogP contribution is 2.56. The molecule has 0 amide bonds. The van der Waals surface area contributed by atoms with Gasteiger partial charge in [0, 0.05) is 10.9 Å². The first-order chi connectivity index (χ1) is 16.1. The highest BCUT2D eigenvalue weighted by molar-refractivity contribution is 5.90. The van der Waals surface area contributed by atoms with Crippen LogP contribution >= 0.6 is 0 Å². The summed E-state index contributed by atoms with van der Waals surface area (Å²) in [5.74, 6) is -1.91. The molecule has 0 radical (unpaired) electrons. The number of alkyl halides is 3. The number of para-hydroxylation sites is 1. The summed E-state index contributed by atoms with van der Waals surface area (Å²) in [7, 11) is 0. The fourth-order valence-electron chi connectivity index (χ4n) is 4.14. The number of aromatic nitrogens is 1. The van der Waals surface area contributed by atoms with Gasteiger partial charge in [0.1, 0.15) is 18.1 Å². The number of carboxylic acid groups (broad SMARTS) is 1. The number of fused-ring (bicyclic) bond motifs is 1. The van der Waals surface area contributed by atoms with Gasteiger partial charge in [-0.1, -0.05) is 30.3 Å². The standard InChI is InChI=1S/C25H22F3NO5/c1-2-33-23(32)24(13-19(24)22(30)31)12-15-7-9-17(10-8-15)34-14-16-11-21(25(26,27)28)29-20-6-4-3-5-18(16)20/h3-11,19H,2,12-14H2,1H3,(H,30,31). The first kappa shape index (κ1) is 23.5. The predicted octanol–water partition coefficient (Wildman–Crippen LogP) is 5.03. The first-order valence-electron chi connectivity index (χ1n) is 10.7. The molecule has 2 atom stereocenters. The van der Waals surface area contributed by atoms with Crippen molar-refractivity contribution >= 4 is 22.8 Å². The molecular formula is C25H22F3NO5. The molecule has 0 saturated heterocycles. The molecule has 9 heteroatoms. The molecule has 0 aliphatic heterocycles. The lowest BCUT2D eigenvalue weighted by Crippen LogP contribution is -2.26. The topological polar surface area (TPSA) is 85.7 Å². The maximum Gasteiger partial charge on any atom is 0.433 e. The molecule has 1 saturated carbocycles. The minimum absolute atomic E-state index is 0.0979. The zero-order valence-electron chi connectivity index (χ0n) is 18.3. The van der Waals surface area contributed by atoms with Gasteiger partial charge >= 0.3 is 18.1 Å². The number of aliphatic carboxylic acids is 1. The molecule has 2 unspecified atom stereocenters. The molecule has 1 heterocycles. The minimum atomic E-state index is -4.58. The maximum absolute atomic E-state index is 13.3. The number of halogens is 3. The Kier molecular flexibility index (Phi) is 6.20. The van der Waals surface area contributed by atoms with Gasteiger partial charge in [-0.05, 0) is 49.6 Å². The van der Waals surface area contributed by atoms with E-state index < -0.39 is 35.1 Å². The fourth-order valence-corrected chi connectivity index (χ4v) is 4.14. The number of carboxylic acids is 1. The average Bonchev–Trinajstić information content (AvgIpc) is 3.53. The Hall–Kier alpha value is -3.62. The van der Waals surface area contributed by atoms with Crippen molar-refractivity contribution in [3.8, 4) is 5.75 Å². The van der Waals surface area contributed by atoms with Crippen LogP contribution in [0.5, 0.6) is 5.75 Å². The van der Waals surface area contributed by atoms with Crippen molar-refractivity contribution in [2.45, 2.75) is 32.5 Å². The number of hydrogen-bond donors (Lipinski definition) is 1. The van der Waals surface area contributed by atoms with E-state index >= 15 is 0 Å². The van der Waals surface area contributed by atoms with Crippen LogP contribution in [0.3, 0.4) is 0 Å². The number of carbonyl (C=O) groups excluding carboxylic acids is 1. The Morgan fingerprint density at radius 1 is 1.15 bits per heavy atom. The Labute approximate surface area is 193 Å². The van der Waals surface area contributed by atoms with Crippen molar-refractivity contribution in [2.24, 2.45) is 11.3 Å². The summed E-state index contributed by atoms with van der Waals surface area (Å²) in [5.41, 5.74) is -0.744. The van der Waals surface area contributed by atoms with Crippen LogP contribution in [0.25, 0.3) is 10.9 Å². The second-order valence-electron chi connectivity index (χ2n) is 8.26. The van der Waals surface area contributed by atoms with Crippen LogP contribution < -0.4 is 4.74 Å². The molecule has 34 heavy (non-hydrogen) atoms. The van der Waals surface area contributed by atoms with Crippen molar-refractivity contribution in [2.75, 3.05) is 6.61 Å². The van der Waals surface area contributed by atoms with Crippen LogP contribution in [-0.2, 0) is 33.5 Å². The lowest BCUT2D eigenvalue weighted by Gasteiger charge is -2.16. The molecule has 1 N–H and O–H groups in total. The third kappa shape index (κ3) is 4.69. The number of pyridine rings is 1. The van der Waals surface area contributed by atoms with Gasteiger partial charge in [-0.25, -0.2) is 4.98 Å². The third-order valence-corrected chi connectivity index (χ3v) is 5.98. The van der Waals surface area contributed by atoms with Gasteiger partial charge in [0.05, 0.1) is 23.5 Å². The lowest BCUT2D eigenvalue weighted by molar-refractivity contribution is -0.153. The van der Waals surface area contributed by atoms with E-state index in [4.69, 9.17) is 9.47 Å². The van der Waals surface area contributed by atoms with Crippen LogP contribution in [0, 0.1) is 11.3 Å². The van der Waals surface area contributed by atoms with E-state index in [9.17, 15) is 27.9 Å². The lowest BCUT2D eigenvalue weighted by atomic mass is 9.94. The Bertz CT molecular complexity index is 1230. The molecule has 2 aromatic carbocycles. The zero-order chi connectivity index (χ0) is 24.5. The summed E-state index contributed by atoms with van der Waals surface area (Å²) in [6, 6.07) is 14.2. The summed E-state index contributed by atoms with van der Waals surface area (Å²) < 4.78 is 50.6. The number of benzene rings is 2. The van der Waals surface area contributed by atoms with Gasteiger partial charge in [-0.3, -0.25) is 9.59 Å². The number of ether oxygens (including phenoxy) is 2. The molecule has 1 aromatic heterocycles. The highest BCUT2D eigenvalue weighted by Gasteiger charge is 2.64. The molecule has 0 bridgehead atoms. The van der Waals surface area contributed by atoms with Gasteiger partial charge in [0.25, 0.3) is 0 Å². The molecule has 0 spiro atoms.